The number of nitrogens with zero attached hydrogens (tertiary/aromatic N) is 2. The lowest BCUT2D eigenvalue weighted by Crippen LogP contribution is -2.70. The van der Waals surface area contributed by atoms with Crippen LogP contribution in [0.15, 0.2) is 10.5 Å². The lowest BCUT2D eigenvalue weighted by Gasteiger charge is -2.36. The van der Waals surface area contributed by atoms with Gasteiger partial charge >= 0.3 is 11.9 Å². The number of hydrogen-bond acceptors (Lipinski definition) is 10. The van der Waals surface area contributed by atoms with Crippen LogP contribution in [-0.4, -0.2) is 64.3 Å². The number of ether oxygens (including phenoxy) is 1. The van der Waals surface area contributed by atoms with Crippen LogP contribution in [0.25, 0.3) is 0 Å². The molecule has 0 saturated carbocycles. The number of aliphatic carboxylic acids is 1. The fraction of sp³-hybridized carbons (Fsp3) is 0.467. The number of carbonyl (C=O) groups is 4. The average molecular weight is 413 g/mol. The minimum absolute atomic E-state index is 0.0467. The highest BCUT2D eigenvalue weighted by Crippen LogP contribution is 2.16. The summed E-state index contributed by atoms with van der Waals surface area (Å²) in [6.07, 6.45) is -0.133. The van der Waals surface area contributed by atoms with Gasteiger partial charge in [0.25, 0.3) is 5.91 Å². The predicted octanol–water partition coefficient (Wildman–Crippen LogP) is -1.14. The molecule has 0 radical (unpaired) electrons. The molecular weight excluding hydrogens is 394 g/mol. The van der Waals surface area contributed by atoms with Crippen molar-refractivity contribution in [2.24, 2.45) is 5.16 Å². The van der Waals surface area contributed by atoms with Gasteiger partial charge in [-0.2, -0.15) is 0 Å². The number of rotatable bonds is 8. The number of amides is 2. The summed E-state index contributed by atoms with van der Waals surface area (Å²) in [7, 11) is 1.20. The molecule has 152 valence electrons. The van der Waals surface area contributed by atoms with Crippen molar-refractivity contribution < 1.29 is 33.9 Å². The molecule has 5 N–H and O–H groups in total. The summed E-state index contributed by atoms with van der Waals surface area (Å²) in [5, 5.41) is 19.2. The molecule has 1 aliphatic heterocycles. The first-order chi connectivity index (χ1) is 13.0. The molecule has 0 spiro atoms. The summed E-state index contributed by atoms with van der Waals surface area (Å²) in [6, 6.07) is -1.65. The zero-order chi connectivity index (χ0) is 21.1. The van der Waals surface area contributed by atoms with E-state index in [4.69, 9.17) is 15.7 Å². The number of nitrogens with one attached hydrogen (secondary N) is 2. The van der Waals surface area contributed by atoms with E-state index in [0.29, 0.717) is 0 Å². The highest BCUT2D eigenvalue weighted by molar-refractivity contribution is 7.13. The van der Waals surface area contributed by atoms with E-state index in [1.54, 1.807) is 0 Å². The van der Waals surface area contributed by atoms with Crippen LogP contribution in [0.3, 0.4) is 0 Å². The third kappa shape index (κ3) is 4.73. The third-order valence-corrected chi connectivity index (χ3v) is 4.45. The molecule has 2 atom stereocenters. The molecule has 28 heavy (non-hydrogen) atoms. The number of hydrogen-bond donors (Lipinski definition) is 4. The number of oxime groups is 1. The fourth-order valence-corrected chi connectivity index (χ4v) is 2.60. The van der Waals surface area contributed by atoms with Gasteiger partial charge in [-0.3, -0.25) is 14.4 Å². The molecule has 1 aliphatic rings. The molecule has 2 heterocycles. The Morgan fingerprint density at radius 2 is 2.14 bits per heavy atom. The van der Waals surface area contributed by atoms with Crippen molar-refractivity contribution in [3.8, 4) is 0 Å². The minimum Gasteiger partial charge on any atom is -0.478 e. The van der Waals surface area contributed by atoms with Gasteiger partial charge in [-0.15, -0.1) is 11.3 Å². The molecule has 0 bridgehead atoms. The third-order valence-electron chi connectivity index (χ3n) is 3.77. The van der Waals surface area contributed by atoms with Crippen molar-refractivity contribution in [1.82, 2.24) is 15.6 Å². The number of esters is 1. The number of carboxylic acids is 1. The number of methoxy groups -OCH3 is 1. The first-order valence-corrected chi connectivity index (χ1v) is 8.82. The maximum Gasteiger partial charge on any atom is 0.350 e. The lowest BCUT2D eigenvalue weighted by atomic mass is 9.95. The predicted molar refractivity (Wildman–Crippen MR) is 96.4 cm³/mol. The molecule has 2 amide bonds. The van der Waals surface area contributed by atoms with E-state index in [2.05, 4.69) is 25.5 Å². The van der Waals surface area contributed by atoms with Gasteiger partial charge in [-0.1, -0.05) is 5.16 Å². The van der Waals surface area contributed by atoms with E-state index in [9.17, 15) is 19.2 Å². The number of nitrogens with two attached hydrogens (primary N) is 1. The van der Waals surface area contributed by atoms with Crippen molar-refractivity contribution in [3.05, 3.63) is 11.1 Å². The number of aromatic nitrogens is 1. The van der Waals surface area contributed by atoms with E-state index in [0.717, 1.165) is 11.3 Å². The van der Waals surface area contributed by atoms with E-state index >= 15 is 0 Å². The number of carbonyl (C=O) groups excluding carboxylic acids is 3. The second kappa shape index (κ2) is 8.21. The Morgan fingerprint density at radius 3 is 2.64 bits per heavy atom. The van der Waals surface area contributed by atoms with Crippen LogP contribution in [0.4, 0.5) is 5.13 Å². The number of thiazole rings is 1. The van der Waals surface area contributed by atoms with Gasteiger partial charge in [-0.25, -0.2) is 9.78 Å². The van der Waals surface area contributed by atoms with Crippen molar-refractivity contribution >= 4 is 45.9 Å². The Labute approximate surface area is 163 Å². The van der Waals surface area contributed by atoms with Crippen LogP contribution in [-0.2, 0) is 28.8 Å². The van der Waals surface area contributed by atoms with Gasteiger partial charge in [0.2, 0.25) is 11.5 Å². The largest absolute Gasteiger partial charge is 0.478 e. The van der Waals surface area contributed by atoms with Gasteiger partial charge in [0.15, 0.2) is 10.8 Å². The summed E-state index contributed by atoms with van der Waals surface area (Å²) in [5.74, 6) is -3.20. The zero-order valence-electron chi connectivity index (χ0n) is 15.2. The standard InChI is InChI=1S/C15H19N5O7S/c1-15(2,13(24)25)27-20-10(7-5-28-14(16)18-7)12(23)19-9-6(17-11(9)22)4-8(21)26-3/h5-6,9H,4H2,1-3H3,(H2,16,18)(H,17,22)(H,19,23)(H,24,25). The second-order valence-corrected chi connectivity index (χ2v) is 7.15. The minimum atomic E-state index is -1.71. The number of carboxylic acid groups (broad SMARTS) is 1. The maximum atomic E-state index is 12.6. The molecule has 0 aromatic carbocycles. The summed E-state index contributed by atoms with van der Waals surface area (Å²) in [5.41, 5.74) is 3.54. The lowest BCUT2D eigenvalue weighted by molar-refractivity contribution is -0.161. The van der Waals surface area contributed by atoms with Gasteiger partial charge in [0.1, 0.15) is 11.7 Å². The monoisotopic (exact) mass is 413 g/mol. The Kier molecular flexibility index (Phi) is 6.18. The quantitative estimate of drug-likeness (QED) is 0.177. The van der Waals surface area contributed by atoms with E-state index in [1.165, 1.54) is 26.3 Å². The summed E-state index contributed by atoms with van der Waals surface area (Å²) in [6.45, 7) is 2.49. The van der Waals surface area contributed by atoms with Crippen molar-refractivity contribution in [2.75, 3.05) is 12.8 Å². The smallest absolute Gasteiger partial charge is 0.350 e. The summed E-state index contributed by atoms with van der Waals surface area (Å²) >= 11 is 1.03. The van der Waals surface area contributed by atoms with Crippen LogP contribution in [0.5, 0.6) is 0 Å². The Morgan fingerprint density at radius 1 is 1.46 bits per heavy atom. The van der Waals surface area contributed by atoms with Crippen LogP contribution < -0.4 is 16.4 Å². The van der Waals surface area contributed by atoms with Gasteiger partial charge in [-0.05, 0) is 13.8 Å². The maximum absolute atomic E-state index is 12.6. The van der Waals surface area contributed by atoms with Crippen LogP contribution in [0.2, 0.25) is 0 Å². The first-order valence-electron chi connectivity index (χ1n) is 7.94. The zero-order valence-corrected chi connectivity index (χ0v) is 16.0. The molecule has 1 fully saturated rings. The number of nitrogen functional groups attached to an aromatic ring is 1. The van der Waals surface area contributed by atoms with Crippen LogP contribution >= 0.6 is 11.3 Å². The molecule has 1 saturated heterocycles. The van der Waals surface area contributed by atoms with E-state index in [-0.39, 0.29) is 23.0 Å². The summed E-state index contributed by atoms with van der Waals surface area (Å²) in [4.78, 5) is 55.9. The highest BCUT2D eigenvalue weighted by atomic mass is 32.1. The molecule has 12 nitrogen and oxygen atoms in total. The fourth-order valence-electron chi connectivity index (χ4n) is 2.05. The van der Waals surface area contributed by atoms with Crippen molar-refractivity contribution in [3.63, 3.8) is 0 Å². The average Bonchev–Trinajstić information content (AvgIpc) is 3.05. The SMILES string of the molecule is COC(=O)CC1NC(=O)C1NC(=O)C(=NOC(C)(C)C(=O)O)c1csc(N)n1. The van der Waals surface area contributed by atoms with Gasteiger partial charge in [0, 0.05) is 5.38 Å². The van der Waals surface area contributed by atoms with Gasteiger partial charge in [0.05, 0.1) is 19.6 Å². The topological polar surface area (TPSA) is 182 Å². The van der Waals surface area contributed by atoms with E-state index in [1.807, 2.05) is 0 Å². The van der Waals surface area contributed by atoms with Crippen molar-refractivity contribution in [1.29, 1.82) is 0 Å². The van der Waals surface area contributed by atoms with Crippen LogP contribution in [0.1, 0.15) is 26.0 Å². The number of β-lactam (4-membered cyclic amide) rings is 1. The molecule has 1 aromatic rings. The van der Waals surface area contributed by atoms with Gasteiger partial charge < -0.3 is 31.0 Å². The molecule has 1 aromatic heterocycles. The van der Waals surface area contributed by atoms with Crippen LogP contribution in [0, 0.1) is 0 Å². The first kappa shape index (κ1) is 21.1. The molecule has 2 unspecified atom stereocenters. The normalized spacial score (nSPS) is 19.2. The molecule has 2 rings (SSSR count). The summed E-state index contributed by atoms with van der Waals surface area (Å²) < 4.78 is 4.54. The second-order valence-electron chi connectivity index (χ2n) is 6.26. The van der Waals surface area contributed by atoms with E-state index < -0.39 is 41.4 Å². The Balaban J connectivity index is 2.21. The highest BCUT2D eigenvalue weighted by Gasteiger charge is 2.42. The molecular formula is C15H19N5O7S. The Bertz CT molecular complexity index is 835. The Hall–Kier alpha value is -3.22. The number of anilines is 1. The van der Waals surface area contributed by atoms with Crippen molar-refractivity contribution in [2.45, 2.75) is 38.0 Å². The molecule has 13 heteroatoms. The molecule has 0 aliphatic carbocycles.